The summed E-state index contributed by atoms with van der Waals surface area (Å²) in [7, 11) is 0. The van der Waals surface area contributed by atoms with Crippen LogP contribution in [0.2, 0.25) is 0 Å². The van der Waals surface area contributed by atoms with Crippen molar-refractivity contribution in [3.05, 3.63) is 35.9 Å². The zero-order valence-corrected chi connectivity index (χ0v) is 13.8. The van der Waals surface area contributed by atoms with Crippen molar-refractivity contribution in [2.24, 2.45) is 11.7 Å². The van der Waals surface area contributed by atoms with Crippen LogP contribution >= 0.6 is 0 Å². The number of likely N-dealkylation sites (tertiary alicyclic amines) is 1. The van der Waals surface area contributed by atoms with Crippen LogP contribution in [0.4, 0.5) is 0 Å². The lowest BCUT2D eigenvalue weighted by atomic mass is 9.95. The third-order valence-electron chi connectivity index (χ3n) is 4.34. The van der Waals surface area contributed by atoms with Crippen molar-refractivity contribution < 1.29 is 9.59 Å². The van der Waals surface area contributed by atoms with E-state index in [-0.39, 0.29) is 23.8 Å². The summed E-state index contributed by atoms with van der Waals surface area (Å²) in [5.41, 5.74) is 6.79. The first kappa shape index (κ1) is 17.5. The Balaban J connectivity index is 1.71. The number of rotatable bonds is 6. The third-order valence-corrected chi connectivity index (χ3v) is 4.34. The summed E-state index contributed by atoms with van der Waals surface area (Å²) < 4.78 is 0. The van der Waals surface area contributed by atoms with E-state index in [9.17, 15) is 9.59 Å². The van der Waals surface area contributed by atoms with Gasteiger partial charge in [-0.25, -0.2) is 0 Å². The van der Waals surface area contributed by atoms with Crippen LogP contribution in [0.1, 0.15) is 38.2 Å². The van der Waals surface area contributed by atoms with Crippen molar-refractivity contribution in [3.8, 4) is 0 Å². The highest BCUT2D eigenvalue weighted by molar-refractivity contribution is 5.80. The van der Waals surface area contributed by atoms with Crippen molar-refractivity contribution >= 4 is 11.8 Å². The van der Waals surface area contributed by atoms with E-state index in [4.69, 9.17) is 5.73 Å². The van der Waals surface area contributed by atoms with E-state index >= 15 is 0 Å². The number of piperidine rings is 1. The van der Waals surface area contributed by atoms with Crippen molar-refractivity contribution in [2.75, 3.05) is 13.1 Å². The van der Waals surface area contributed by atoms with Gasteiger partial charge in [-0.2, -0.15) is 0 Å². The number of benzene rings is 1. The van der Waals surface area contributed by atoms with E-state index in [2.05, 4.69) is 5.32 Å². The lowest BCUT2D eigenvalue weighted by molar-refractivity contribution is -0.135. The molecule has 1 aliphatic rings. The molecule has 1 saturated heterocycles. The molecule has 5 heteroatoms. The summed E-state index contributed by atoms with van der Waals surface area (Å²) in [4.78, 5) is 26.2. The van der Waals surface area contributed by atoms with E-state index in [1.54, 1.807) is 0 Å². The van der Waals surface area contributed by atoms with Crippen LogP contribution in [0.5, 0.6) is 0 Å². The Morgan fingerprint density at radius 3 is 2.52 bits per heavy atom. The van der Waals surface area contributed by atoms with E-state index < -0.39 is 0 Å². The fraction of sp³-hybridized carbons (Fsp3) is 0.556. The normalized spacial score (nSPS) is 16.9. The molecule has 3 N–H and O–H groups in total. The van der Waals surface area contributed by atoms with Crippen molar-refractivity contribution in [3.63, 3.8) is 0 Å². The number of nitrogens with one attached hydrogen (secondary N) is 1. The topological polar surface area (TPSA) is 75.4 Å². The molecule has 23 heavy (non-hydrogen) atoms. The molecule has 2 rings (SSSR count). The molecular weight excluding hydrogens is 290 g/mol. The zero-order chi connectivity index (χ0) is 16.7. The average molecular weight is 317 g/mol. The second-order valence-corrected chi connectivity index (χ2v) is 6.37. The Morgan fingerprint density at radius 1 is 1.26 bits per heavy atom. The first-order valence-corrected chi connectivity index (χ1v) is 8.41. The van der Waals surface area contributed by atoms with Crippen LogP contribution in [0.25, 0.3) is 0 Å². The number of amides is 2. The fourth-order valence-electron chi connectivity index (χ4n) is 2.83. The maximum Gasteiger partial charge on any atom is 0.223 e. The van der Waals surface area contributed by atoms with Crippen LogP contribution in [-0.2, 0) is 16.1 Å². The molecule has 0 saturated carbocycles. The molecule has 1 aromatic carbocycles. The van der Waals surface area contributed by atoms with Crippen LogP contribution in [0.15, 0.2) is 30.3 Å². The summed E-state index contributed by atoms with van der Waals surface area (Å²) >= 11 is 0. The molecule has 1 aromatic rings. The van der Waals surface area contributed by atoms with E-state index in [0.717, 1.165) is 24.8 Å². The maximum atomic E-state index is 12.2. The fourth-order valence-corrected chi connectivity index (χ4v) is 2.83. The Labute approximate surface area is 138 Å². The summed E-state index contributed by atoms with van der Waals surface area (Å²) in [6, 6.07) is 9.95. The number of hydrogen-bond acceptors (Lipinski definition) is 3. The van der Waals surface area contributed by atoms with Gasteiger partial charge in [0.2, 0.25) is 11.8 Å². The molecule has 0 radical (unpaired) electrons. The molecule has 5 nitrogen and oxygen atoms in total. The molecule has 1 unspecified atom stereocenters. The van der Waals surface area contributed by atoms with Gasteiger partial charge in [0.15, 0.2) is 0 Å². The van der Waals surface area contributed by atoms with Gasteiger partial charge in [-0.15, -0.1) is 0 Å². The quantitative estimate of drug-likeness (QED) is 0.838. The van der Waals surface area contributed by atoms with Gasteiger partial charge in [0.25, 0.3) is 0 Å². The Hall–Kier alpha value is -1.88. The van der Waals surface area contributed by atoms with Gasteiger partial charge in [-0.1, -0.05) is 30.3 Å². The number of hydrogen-bond donors (Lipinski definition) is 2. The van der Waals surface area contributed by atoms with Crippen LogP contribution in [0.3, 0.4) is 0 Å². The molecular formula is C18H27N3O2. The number of carbonyl (C=O) groups excluding carboxylic acids is 2. The second-order valence-electron chi connectivity index (χ2n) is 6.37. The standard InChI is InChI=1S/C18H27N3O2/c1-14(19)7-8-17(22)21-11-9-16(10-12-21)18(23)20-13-15-5-3-2-4-6-15/h2-6,14,16H,7-13,19H2,1H3,(H,20,23). The molecule has 0 spiro atoms. The van der Waals surface area contributed by atoms with Gasteiger partial charge in [-0.05, 0) is 31.7 Å². The van der Waals surface area contributed by atoms with Crippen molar-refractivity contribution in [1.29, 1.82) is 0 Å². The van der Waals surface area contributed by atoms with Crippen LogP contribution in [0, 0.1) is 5.92 Å². The van der Waals surface area contributed by atoms with Gasteiger partial charge < -0.3 is 16.0 Å². The number of nitrogens with zero attached hydrogens (tertiary/aromatic N) is 1. The molecule has 0 bridgehead atoms. The van der Waals surface area contributed by atoms with Crippen molar-refractivity contribution in [2.45, 2.75) is 45.2 Å². The van der Waals surface area contributed by atoms with E-state index in [1.807, 2.05) is 42.2 Å². The van der Waals surface area contributed by atoms with E-state index in [1.165, 1.54) is 0 Å². The molecule has 126 valence electrons. The number of nitrogens with two attached hydrogens (primary N) is 1. The Bertz CT molecular complexity index is 508. The van der Waals surface area contributed by atoms with Crippen LogP contribution < -0.4 is 11.1 Å². The minimum Gasteiger partial charge on any atom is -0.352 e. The molecule has 1 aliphatic heterocycles. The first-order valence-electron chi connectivity index (χ1n) is 8.41. The lowest BCUT2D eigenvalue weighted by Crippen LogP contribution is -2.43. The smallest absolute Gasteiger partial charge is 0.223 e. The minimum atomic E-state index is 0.0104. The molecule has 1 heterocycles. The van der Waals surface area contributed by atoms with Gasteiger partial charge in [0.05, 0.1) is 0 Å². The summed E-state index contributed by atoms with van der Waals surface area (Å²) in [5.74, 6) is 0.262. The molecule has 0 aliphatic carbocycles. The monoisotopic (exact) mass is 317 g/mol. The number of carbonyl (C=O) groups is 2. The third kappa shape index (κ3) is 5.67. The summed E-state index contributed by atoms with van der Waals surface area (Å²) in [5, 5.41) is 2.99. The van der Waals surface area contributed by atoms with Gasteiger partial charge in [0, 0.05) is 38.0 Å². The molecule has 2 amide bonds. The minimum absolute atomic E-state index is 0.0104. The lowest BCUT2D eigenvalue weighted by Gasteiger charge is -2.31. The predicted molar refractivity (Wildman–Crippen MR) is 90.5 cm³/mol. The van der Waals surface area contributed by atoms with E-state index in [0.29, 0.717) is 26.1 Å². The SMILES string of the molecule is CC(N)CCC(=O)N1CCC(C(=O)NCc2ccccc2)CC1. The Kier molecular flexibility index (Phi) is 6.59. The molecule has 0 aromatic heterocycles. The largest absolute Gasteiger partial charge is 0.352 e. The highest BCUT2D eigenvalue weighted by Crippen LogP contribution is 2.18. The average Bonchev–Trinajstić information content (AvgIpc) is 2.58. The second kappa shape index (κ2) is 8.67. The van der Waals surface area contributed by atoms with Gasteiger partial charge in [0.1, 0.15) is 0 Å². The van der Waals surface area contributed by atoms with Crippen LogP contribution in [-0.4, -0.2) is 35.8 Å². The zero-order valence-electron chi connectivity index (χ0n) is 13.8. The predicted octanol–water partition coefficient (Wildman–Crippen LogP) is 1.67. The van der Waals surface area contributed by atoms with Crippen molar-refractivity contribution in [1.82, 2.24) is 10.2 Å². The highest BCUT2D eigenvalue weighted by atomic mass is 16.2. The first-order chi connectivity index (χ1) is 11.1. The molecule has 1 atom stereocenters. The Morgan fingerprint density at radius 2 is 1.91 bits per heavy atom. The summed E-state index contributed by atoms with van der Waals surface area (Å²) in [6.45, 7) is 3.81. The molecule has 1 fully saturated rings. The maximum absolute atomic E-state index is 12.2. The van der Waals surface area contributed by atoms with Gasteiger partial charge in [-0.3, -0.25) is 9.59 Å². The van der Waals surface area contributed by atoms with Gasteiger partial charge >= 0.3 is 0 Å². The summed E-state index contributed by atoms with van der Waals surface area (Å²) in [6.07, 6.45) is 2.70. The highest BCUT2D eigenvalue weighted by Gasteiger charge is 2.26.